The molecule has 0 radical (unpaired) electrons. The predicted molar refractivity (Wildman–Crippen MR) is 230 cm³/mol. The van der Waals surface area contributed by atoms with Crippen molar-refractivity contribution in [2.24, 2.45) is 74.7 Å². The molecule has 3 aliphatic heterocycles. The van der Waals surface area contributed by atoms with E-state index in [9.17, 15) is 15.3 Å². The third-order valence-electron chi connectivity index (χ3n) is 21.4. The van der Waals surface area contributed by atoms with Crippen LogP contribution in [0.1, 0.15) is 176 Å². The summed E-state index contributed by atoms with van der Waals surface area (Å²) in [6.45, 7) is 15.4. The molecular formula is C51H82N2O6. The lowest BCUT2D eigenvalue weighted by molar-refractivity contribution is -0.238. The number of rotatable bonds is 10. The maximum Gasteiger partial charge on any atom is 0.162 e. The van der Waals surface area contributed by atoms with Crippen LogP contribution < -0.4 is 11.1 Å². The molecule has 8 nitrogen and oxygen atoms in total. The number of carbonyl (C=O) groups is 1. The van der Waals surface area contributed by atoms with Crippen LogP contribution in [0, 0.1) is 69.0 Å². The number of piperidine rings is 1. The van der Waals surface area contributed by atoms with Gasteiger partial charge in [-0.2, -0.15) is 0 Å². The number of nitrogens with one attached hydrogen (secondary N) is 1. The van der Waals surface area contributed by atoms with Crippen LogP contribution in [0.3, 0.4) is 0 Å². The summed E-state index contributed by atoms with van der Waals surface area (Å²) in [5.41, 5.74) is 4.55. The van der Waals surface area contributed by atoms with Gasteiger partial charge in [-0.1, -0.05) is 66.7 Å². The van der Waals surface area contributed by atoms with E-state index < -0.39 is 28.3 Å². The van der Waals surface area contributed by atoms with Gasteiger partial charge in [0.1, 0.15) is 17.8 Å². The molecule has 0 bridgehead atoms. The van der Waals surface area contributed by atoms with Crippen LogP contribution >= 0.6 is 0 Å². The summed E-state index contributed by atoms with van der Waals surface area (Å²) in [6, 6.07) is 0. The molecule has 6 N–H and O–H groups in total. The number of ether oxygens (including phenoxy) is 2. The standard InChI is InChI=1S/C51H82N2O6/c1-30-18-23-58-50(28-30,44-43(59-44)48(6,56)45(2,3)19-14-32-17-22-53-39(52)24-32)38-26-34-12-13-36-40-42-47(5)33(25-35(54)27-37(47)41(36)55)16-21-49(42,29-46(38,4)51(34,40)57)20-15-31-10-8-7-9-11-31/h30-35,37-39,42-44,53-54,56-57H,7-29,52H2,1-6H3/t30-,32?,33+,34-,35+,37+,38-,39?,42?,43+,44-,46-,47-,48+,49+,50-,51-/m1/s1. The van der Waals surface area contributed by atoms with Crippen LogP contribution in [-0.4, -0.2) is 75.5 Å². The molecule has 3 unspecified atom stereocenters. The number of hydrogen-bond donors (Lipinski definition) is 5. The molecule has 8 fully saturated rings. The van der Waals surface area contributed by atoms with Crippen molar-refractivity contribution in [3.8, 4) is 0 Å². The van der Waals surface area contributed by atoms with Crippen molar-refractivity contribution in [3.63, 3.8) is 0 Å². The number of hydrogen-bond acceptors (Lipinski definition) is 8. The predicted octanol–water partition coefficient (Wildman–Crippen LogP) is 8.38. The highest BCUT2D eigenvalue weighted by Crippen LogP contribution is 2.81. The van der Waals surface area contributed by atoms with E-state index in [2.05, 4.69) is 39.9 Å². The van der Waals surface area contributed by atoms with Crippen LogP contribution in [0.5, 0.6) is 0 Å². The van der Waals surface area contributed by atoms with Gasteiger partial charge in [-0.15, -0.1) is 0 Å². The van der Waals surface area contributed by atoms with Gasteiger partial charge in [0.05, 0.1) is 23.5 Å². The summed E-state index contributed by atoms with van der Waals surface area (Å²) >= 11 is 0. The Morgan fingerprint density at radius 3 is 2.46 bits per heavy atom. The van der Waals surface area contributed by atoms with E-state index in [1.807, 2.05) is 6.92 Å². The molecule has 0 aromatic carbocycles. The molecule has 332 valence electrons. The van der Waals surface area contributed by atoms with Crippen LogP contribution in [0.4, 0.5) is 0 Å². The largest absolute Gasteiger partial charge is 0.393 e. The van der Waals surface area contributed by atoms with Crippen molar-refractivity contribution in [3.05, 3.63) is 11.1 Å². The third kappa shape index (κ3) is 6.00. The van der Waals surface area contributed by atoms with E-state index in [-0.39, 0.29) is 64.1 Å². The van der Waals surface area contributed by atoms with E-state index >= 15 is 4.79 Å². The van der Waals surface area contributed by atoms with Gasteiger partial charge in [0.2, 0.25) is 0 Å². The molecule has 10 rings (SSSR count). The van der Waals surface area contributed by atoms with Gasteiger partial charge in [-0.05, 0) is 185 Å². The SMILES string of the molecule is C[C@@H]1CCO[C@@]([C@@H]2O[C@@H]2[C@](C)(O)C(C)(C)CCC2CCNC(N)C2)([C@@H]2C[C@H]3CCC4=C5C6[C@@](CCC7CCCCC7)(CC[C@H]7C[C@H](O)C[C@@H](C4=O)[C@]67C)C[C@@]2(C)[C@]53O)C1. The summed E-state index contributed by atoms with van der Waals surface area (Å²) in [5.74, 6) is 2.49. The number of nitrogens with two attached hydrogens (primary N) is 1. The molecule has 59 heavy (non-hydrogen) atoms. The Morgan fingerprint density at radius 2 is 1.71 bits per heavy atom. The van der Waals surface area contributed by atoms with Crippen molar-refractivity contribution in [2.75, 3.05) is 13.2 Å². The Labute approximate surface area is 356 Å². The molecule has 7 aliphatic carbocycles. The zero-order chi connectivity index (χ0) is 41.5. The first-order chi connectivity index (χ1) is 27.9. The van der Waals surface area contributed by atoms with Crippen molar-refractivity contribution in [1.82, 2.24) is 5.32 Å². The van der Waals surface area contributed by atoms with Crippen LogP contribution in [-0.2, 0) is 14.3 Å². The van der Waals surface area contributed by atoms with Crippen LogP contribution in [0.2, 0.25) is 0 Å². The molecular weight excluding hydrogens is 737 g/mol. The fourth-order valence-corrected chi connectivity index (χ4v) is 17.9. The molecule has 3 heterocycles. The first kappa shape index (κ1) is 42.1. The molecule has 8 heteroatoms. The molecule has 0 spiro atoms. The van der Waals surface area contributed by atoms with E-state index in [0.29, 0.717) is 30.8 Å². The lowest BCUT2D eigenvalue weighted by atomic mass is 9.32. The monoisotopic (exact) mass is 819 g/mol. The average molecular weight is 819 g/mol. The number of aliphatic hydroxyl groups excluding tert-OH is 1. The highest BCUT2D eigenvalue weighted by Gasteiger charge is 2.81. The number of aliphatic hydroxyl groups is 3. The highest BCUT2D eigenvalue weighted by atomic mass is 16.6. The quantitative estimate of drug-likeness (QED) is 0.139. The lowest BCUT2D eigenvalue weighted by Crippen LogP contribution is -2.72. The minimum Gasteiger partial charge on any atom is -0.393 e. The second-order valence-electron chi connectivity index (χ2n) is 24.7. The third-order valence-corrected chi connectivity index (χ3v) is 21.4. The minimum absolute atomic E-state index is 0.00801. The summed E-state index contributed by atoms with van der Waals surface area (Å²) in [7, 11) is 0. The average Bonchev–Trinajstić information content (AvgIpc) is 3.98. The maximum absolute atomic E-state index is 15.1. The topological polar surface area (TPSA) is 138 Å². The van der Waals surface area contributed by atoms with E-state index in [0.717, 1.165) is 102 Å². The molecule has 0 aromatic rings. The second-order valence-corrected chi connectivity index (χ2v) is 24.7. The zero-order valence-corrected chi connectivity index (χ0v) is 37.8. The van der Waals surface area contributed by atoms with Gasteiger partial charge >= 0.3 is 0 Å². The zero-order valence-electron chi connectivity index (χ0n) is 37.8. The van der Waals surface area contributed by atoms with Crippen molar-refractivity contribution >= 4 is 5.78 Å². The fraction of sp³-hybridized carbons (Fsp3) is 0.941. The van der Waals surface area contributed by atoms with Crippen LogP contribution in [0.25, 0.3) is 0 Å². The Morgan fingerprint density at radius 1 is 0.932 bits per heavy atom. The first-order valence-corrected chi connectivity index (χ1v) is 25.1. The lowest BCUT2D eigenvalue weighted by Gasteiger charge is -2.73. The molecule has 5 saturated carbocycles. The molecule has 0 aromatic heterocycles. The van der Waals surface area contributed by atoms with Crippen molar-refractivity contribution in [1.29, 1.82) is 0 Å². The van der Waals surface area contributed by atoms with Gasteiger partial charge in [-0.25, -0.2) is 0 Å². The second kappa shape index (κ2) is 14.3. The Hall–Kier alpha value is -0.870. The van der Waals surface area contributed by atoms with E-state index in [4.69, 9.17) is 15.2 Å². The number of carbonyl (C=O) groups excluding carboxylic acids is 1. The number of allylic oxidation sites excluding steroid dienone is 1. The minimum atomic E-state index is -1.08. The Balaban J connectivity index is 1.05. The van der Waals surface area contributed by atoms with Gasteiger partial charge in [0.25, 0.3) is 0 Å². The normalized spacial score (nSPS) is 51.9. The number of ketones is 1. The summed E-state index contributed by atoms with van der Waals surface area (Å²) in [6.07, 6.45) is 21.2. The Bertz CT molecular complexity index is 1690. The van der Waals surface area contributed by atoms with E-state index in [1.165, 1.54) is 50.5 Å². The Kier molecular flexibility index (Phi) is 10.2. The molecule has 0 amide bonds. The van der Waals surface area contributed by atoms with Crippen molar-refractivity contribution in [2.45, 2.75) is 218 Å². The van der Waals surface area contributed by atoms with Crippen LogP contribution in [0.15, 0.2) is 11.1 Å². The fourth-order valence-electron chi connectivity index (χ4n) is 17.9. The summed E-state index contributed by atoms with van der Waals surface area (Å²) < 4.78 is 14.4. The van der Waals surface area contributed by atoms with Gasteiger partial charge in [0, 0.05) is 17.9 Å². The number of Topliss-reactive ketones (excluding diaryl/α,β-unsaturated/α-hetero) is 1. The van der Waals surface area contributed by atoms with E-state index in [1.54, 1.807) is 0 Å². The summed E-state index contributed by atoms with van der Waals surface area (Å²) in [4.78, 5) is 15.1. The molecule has 3 saturated heterocycles. The van der Waals surface area contributed by atoms with Gasteiger partial charge in [-0.3, -0.25) is 4.79 Å². The van der Waals surface area contributed by atoms with Gasteiger partial charge < -0.3 is 35.8 Å². The summed E-state index contributed by atoms with van der Waals surface area (Å²) in [5, 5.41) is 41.7. The van der Waals surface area contributed by atoms with Gasteiger partial charge in [0.15, 0.2) is 5.78 Å². The molecule has 10 aliphatic rings. The smallest absolute Gasteiger partial charge is 0.162 e. The number of epoxide rings is 1. The highest BCUT2D eigenvalue weighted by molar-refractivity contribution is 6.00. The molecule has 17 atom stereocenters. The van der Waals surface area contributed by atoms with Crippen molar-refractivity contribution < 1.29 is 29.6 Å². The maximum atomic E-state index is 15.1. The first-order valence-electron chi connectivity index (χ1n) is 25.1.